The fraction of sp³-hybridized carbons (Fsp3) is 0.808. The highest BCUT2D eigenvalue weighted by Gasteiger charge is 2.77. The zero-order valence-electron chi connectivity index (χ0n) is 19.1. The van der Waals surface area contributed by atoms with Crippen molar-refractivity contribution in [2.24, 2.45) is 64.1 Å². The Morgan fingerprint density at radius 2 is 1.53 bits per heavy atom. The summed E-state index contributed by atoms with van der Waals surface area (Å²) in [7, 11) is 0. The van der Waals surface area contributed by atoms with Crippen molar-refractivity contribution in [3.8, 4) is 0 Å². The van der Waals surface area contributed by atoms with E-state index >= 15 is 0 Å². The van der Waals surface area contributed by atoms with E-state index in [0.717, 1.165) is 32.1 Å². The van der Waals surface area contributed by atoms with Crippen LogP contribution in [0.2, 0.25) is 0 Å². The Morgan fingerprint density at radius 3 is 2.19 bits per heavy atom. The molecule has 2 spiro atoms. The second kappa shape index (κ2) is 6.38. The fourth-order valence-corrected chi connectivity index (χ4v) is 9.75. The molecule has 11 unspecified atom stereocenters. The first-order valence-corrected chi connectivity index (χ1v) is 12.5. The number of hydrogen-bond acceptors (Lipinski definition) is 6. The second-order valence-electron chi connectivity index (χ2n) is 11.9. The van der Waals surface area contributed by atoms with Crippen LogP contribution in [0, 0.1) is 64.1 Å². The molecule has 1 saturated heterocycles. The van der Waals surface area contributed by atoms with Gasteiger partial charge in [-0.25, -0.2) is 0 Å². The van der Waals surface area contributed by atoms with Crippen molar-refractivity contribution in [1.82, 2.24) is 0 Å². The molecule has 0 radical (unpaired) electrons. The molecule has 0 amide bonds. The lowest BCUT2D eigenvalue weighted by Gasteiger charge is -2.43. The molecule has 0 aromatic carbocycles. The van der Waals surface area contributed by atoms with Gasteiger partial charge in [-0.1, -0.05) is 13.8 Å². The maximum absolute atomic E-state index is 14.3. The molecule has 6 nitrogen and oxygen atoms in total. The van der Waals surface area contributed by atoms with Crippen molar-refractivity contribution >= 4 is 29.3 Å². The van der Waals surface area contributed by atoms with E-state index in [2.05, 4.69) is 0 Å². The standard InChI is InChI=1S/C26H32O6/c1-4-11(2)21(28)18-13-7-15(17(18)12(3)27)25(9-13)5-6-26(24(25)31)10-14-8-16(26)20-19(14)22(29)32-23(20)30/h11,13-20H,4-10H2,1-3H3. The van der Waals surface area contributed by atoms with Gasteiger partial charge in [0, 0.05) is 28.6 Å². The number of Topliss-reactive ketones (excluding diaryl/α,β-unsaturated/α-hetero) is 3. The van der Waals surface area contributed by atoms with Crippen LogP contribution in [0.25, 0.3) is 0 Å². The van der Waals surface area contributed by atoms with Gasteiger partial charge in [0.25, 0.3) is 0 Å². The summed E-state index contributed by atoms with van der Waals surface area (Å²) in [6.45, 7) is 5.55. The van der Waals surface area contributed by atoms with Gasteiger partial charge < -0.3 is 4.74 Å². The van der Waals surface area contributed by atoms with Crippen molar-refractivity contribution in [2.45, 2.75) is 65.7 Å². The van der Waals surface area contributed by atoms with E-state index in [0.29, 0.717) is 12.8 Å². The molecule has 6 rings (SSSR count). The summed E-state index contributed by atoms with van der Waals surface area (Å²) >= 11 is 0. The first-order valence-electron chi connectivity index (χ1n) is 12.5. The zero-order chi connectivity index (χ0) is 22.7. The van der Waals surface area contributed by atoms with E-state index < -0.39 is 28.7 Å². The Labute approximate surface area is 188 Å². The fourth-order valence-electron chi connectivity index (χ4n) is 9.75. The number of esters is 2. The smallest absolute Gasteiger partial charge is 0.317 e. The Bertz CT molecular complexity index is 967. The van der Waals surface area contributed by atoms with Gasteiger partial charge in [-0.3, -0.25) is 24.0 Å². The molecule has 11 atom stereocenters. The number of ether oxygens (including phenoxy) is 1. The van der Waals surface area contributed by atoms with Gasteiger partial charge in [-0.05, 0) is 75.5 Å². The van der Waals surface area contributed by atoms with Crippen LogP contribution in [0.4, 0.5) is 0 Å². The monoisotopic (exact) mass is 440 g/mol. The number of carbonyl (C=O) groups is 5. The average Bonchev–Trinajstić information content (AvgIpc) is 3.57. The molecule has 0 aromatic heterocycles. The molecule has 0 aromatic rings. The molecule has 5 saturated carbocycles. The average molecular weight is 441 g/mol. The van der Waals surface area contributed by atoms with Crippen LogP contribution in [-0.4, -0.2) is 29.3 Å². The highest BCUT2D eigenvalue weighted by molar-refractivity contribution is 6.01. The summed E-state index contributed by atoms with van der Waals surface area (Å²) in [5.41, 5.74) is -1.07. The highest BCUT2D eigenvalue weighted by Crippen LogP contribution is 2.75. The normalized spacial score (nSPS) is 51.2. The summed E-state index contributed by atoms with van der Waals surface area (Å²) < 4.78 is 4.96. The van der Waals surface area contributed by atoms with E-state index in [1.165, 1.54) is 0 Å². The van der Waals surface area contributed by atoms with Crippen molar-refractivity contribution in [3.05, 3.63) is 0 Å². The van der Waals surface area contributed by atoms with E-state index in [1.807, 2.05) is 13.8 Å². The largest absolute Gasteiger partial charge is 0.393 e. The summed E-state index contributed by atoms with van der Waals surface area (Å²) in [6, 6.07) is 0. The number of ketones is 3. The van der Waals surface area contributed by atoms with Crippen LogP contribution >= 0.6 is 0 Å². The van der Waals surface area contributed by atoms with Gasteiger partial charge in [0.15, 0.2) is 0 Å². The van der Waals surface area contributed by atoms with E-state index in [1.54, 1.807) is 6.92 Å². The van der Waals surface area contributed by atoms with Gasteiger partial charge in [-0.15, -0.1) is 0 Å². The number of carbonyl (C=O) groups excluding carboxylic acids is 5. The second-order valence-corrected chi connectivity index (χ2v) is 11.9. The molecule has 6 fully saturated rings. The predicted molar refractivity (Wildman–Crippen MR) is 112 cm³/mol. The van der Waals surface area contributed by atoms with Gasteiger partial charge >= 0.3 is 11.9 Å². The van der Waals surface area contributed by atoms with E-state index in [-0.39, 0.29) is 64.7 Å². The van der Waals surface area contributed by atoms with Crippen molar-refractivity contribution < 1.29 is 28.7 Å². The number of cyclic esters (lactones) is 2. The summed E-state index contributed by atoms with van der Waals surface area (Å²) in [6.07, 6.45) is 5.21. The minimum Gasteiger partial charge on any atom is -0.393 e. The lowest BCUT2D eigenvalue weighted by atomic mass is 9.57. The van der Waals surface area contributed by atoms with Gasteiger partial charge in [-0.2, -0.15) is 0 Å². The molecule has 4 bridgehead atoms. The molecular formula is C26H32O6. The van der Waals surface area contributed by atoms with Gasteiger partial charge in [0.2, 0.25) is 0 Å². The molecule has 1 heterocycles. The Morgan fingerprint density at radius 1 is 0.938 bits per heavy atom. The minimum absolute atomic E-state index is 0.0463. The Balaban J connectivity index is 1.33. The molecule has 1 aliphatic heterocycles. The van der Waals surface area contributed by atoms with Crippen LogP contribution in [0.3, 0.4) is 0 Å². The van der Waals surface area contributed by atoms with Crippen LogP contribution in [0.1, 0.15) is 65.7 Å². The Hall–Kier alpha value is -1.85. The predicted octanol–water partition coefficient (Wildman–Crippen LogP) is 3.15. The third-order valence-corrected chi connectivity index (χ3v) is 11.0. The van der Waals surface area contributed by atoms with Crippen molar-refractivity contribution in [3.63, 3.8) is 0 Å². The van der Waals surface area contributed by atoms with Crippen molar-refractivity contribution in [1.29, 1.82) is 0 Å². The summed E-state index contributed by atoms with van der Waals surface area (Å²) in [4.78, 5) is 65.0. The van der Waals surface area contributed by atoms with Crippen LogP contribution in [0.5, 0.6) is 0 Å². The minimum atomic E-state index is -0.544. The molecular weight excluding hydrogens is 408 g/mol. The molecule has 172 valence electrons. The maximum atomic E-state index is 14.3. The van der Waals surface area contributed by atoms with E-state index in [9.17, 15) is 24.0 Å². The first kappa shape index (κ1) is 20.7. The quantitative estimate of drug-likeness (QED) is 0.492. The first-order chi connectivity index (χ1) is 15.2. The topological polar surface area (TPSA) is 94.6 Å². The number of rotatable bonds is 4. The summed E-state index contributed by atoms with van der Waals surface area (Å²) in [5.74, 6) is -1.79. The third kappa shape index (κ3) is 2.20. The lowest BCUT2D eigenvalue weighted by molar-refractivity contribution is -0.155. The van der Waals surface area contributed by atoms with Crippen LogP contribution in [0.15, 0.2) is 0 Å². The zero-order valence-corrected chi connectivity index (χ0v) is 19.1. The van der Waals surface area contributed by atoms with Crippen LogP contribution < -0.4 is 0 Å². The van der Waals surface area contributed by atoms with Gasteiger partial charge in [0.1, 0.15) is 17.3 Å². The molecule has 32 heavy (non-hydrogen) atoms. The summed E-state index contributed by atoms with van der Waals surface area (Å²) in [5, 5.41) is 0. The van der Waals surface area contributed by atoms with Crippen molar-refractivity contribution in [2.75, 3.05) is 0 Å². The van der Waals surface area contributed by atoms with Gasteiger partial charge in [0.05, 0.1) is 11.8 Å². The highest BCUT2D eigenvalue weighted by atomic mass is 16.6. The molecule has 5 aliphatic carbocycles. The van der Waals surface area contributed by atoms with E-state index in [4.69, 9.17) is 4.74 Å². The lowest BCUT2D eigenvalue weighted by Crippen LogP contribution is -2.50. The SMILES string of the molecule is CCC(C)C(=O)C1C2CC(C1C(C)=O)C1(CCC3(CC4CC3C3C(=O)OC(=O)C43)C1=O)C2. The number of hydrogen-bond donors (Lipinski definition) is 0. The third-order valence-electron chi connectivity index (χ3n) is 11.0. The van der Waals surface area contributed by atoms with Crippen LogP contribution in [-0.2, 0) is 28.7 Å². The molecule has 6 heteroatoms. The maximum Gasteiger partial charge on any atom is 0.317 e. The molecule has 0 N–H and O–H groups in total. The Kier molecular flexibility index (Phi) is 4.14. The number of fused-ring (bicyclic) bond motifs is 9. The molecule has 6 aliphatic rings.